The number of hydrogen-bond donors (Lipinski definition) is 1. The fourth-order valence-corrected chi connectivity index (χ4v) is 3.72. The van der Waals surface area contributed by atoms with Crippen LogP contribution >= 0.6 is 11.8 Å². The van der Waals surface area contributed by atoms with Gasteiger partial charge in [0.25, 0.3) is 5.56 Å². The predicted octanol–water partition coefficient (Wildman–Crippen LogP) is 3.47. The highest BCUT2D eigenvalue weighted by molar-refractivity contribution is 7.98. The Labute approximate surface area is 158 Å². The summed E-state index contributed by atoms with van der Waals surface area (Å²) in [5, 5.41) is 7.45. The third-order valence-electron chi connectivity index (χ3n) is 4.77. The molecule has 0 aliphatic heterocycles. The molecule has 1 aliphatic rings. The van der Waals surface area contributed by atoms with E-state index in [-0.39, 0.29) is 24.1 Å². The summed E-state index contributed by atoms with van der Waals surface area (Å²) in [6, 6.07) is 11.4. The second kappa shape index (κ2) is 9.03. The third-order valence-corrected chi connectivity index (χ3v) is 5.51. The monoisotopic (exact) mass is 371 g/mol. The summed E-state index contributed by atoms with van der Waals surface area (Å²) < 4.78 is 1.25. The average molecular weight is 372 g/mol. The van der Waals surface area contributed by atoms with Crippen molar-refractivity contribution in [3.63, 3.8) is 0 Å². The Bertz CT molecular complexity index is 793. The van der Waals surface area contributed by atoms with E-state index < -0.39 is 0 Å². The molecule has 0 saturated heterocycles. The van der Waals surface area contributed by atoms with Gasteiger partial charge in [-0.3, -0.25) is 9.59 Å². The Balaban J connectivity index is 1.70. The van der Waals surface area contributed by atoms with Crippen LogP contribution in [0.3, 0.4) is 0 Å². The van der Waals surface area contributed by atoms with Crippen LogP contribution in [0.5, 0.6) is 0 Å². The minimum Gasteiger partial charge on any atom is -0.352 e. The van der Waals surface area contributed by atoms with Crippen molar-refractivity contribution in [2.45, 2.75) is 56.0 Å². The van der Waals surface area contributed by atoms with Crippen molar-refractivity contribution in [1.82, 2.24) is 15.1 Å². The van der Waals surface area contributed by atoms with E-state index in [0.29, 0.717) is 5.69 Å². The molecule has 3 rings (SSSR count). The van der Waals surface area contributed by atoms with E-state index in [1.807, 2.05) is 30.5 Å². The first kappa shape index (κ1) is 18.7. The van der Waals surface area contributed by atoms with Crippen LogP contribution in [0.4, 0.5) is 0 Å². The van der Waals surface area contributed by atoms with Crippen LogP contribution in [0.1, 0.15) is 38.5 Å². The molecule has 0 unspecified atom stereocenters. The lowest BCUT2D eigenvalue weighted by Crippen LogP contribution is -2.39. The Morgan fingerprint density at radius 2 is 1.81 bits per heavy atom. The fraction of sp³-hybridized carbons (Fsp3) is 0.450. The zero-order valence-corrected chi connectivity index (χ0v) is 15.9. The number of hydrogen-bond acceptors (Lipinski definition) is 4. The molecule has 0 atom stereocenters. The number of carbonyl (C=O) groups is 1. The summed E-state index contributed by atoms with van der Waals surface area (Å²) in [4.78, 5) is 25.6. The van der Waals surface area contributed by atoms with Gasteiger partial charge in [0, 0.05) is 22.6 Å². The van der Waals surface area contributed by atoms with E-state index in [1.54, 1.807) is 17.8 Å². The van der Waals surface area contributed by atoms with E-state index in [4.69, 9.17) is 0 Å². The van der Waals surface area contributed by atoms with E-state index in [2.05, 4.69) is 10.4 Å². The summed E-state index contributed by atoms with van der Waals surface area (Å²) in [6.45, 7) is -0.0356. The smallest absolute Gasteiger partial charge is 0.267 e. The first-order valence-electron chi connectivity index (χ1n) is 9.17. The number of nitrogens with zero attached hydrogens (tertiary/aromatic N) is 2. The van der Waals surface area contributed by atoms with Crippen molar-refractivity contribution in [3.8, 4) is 11.3 Å². The fourth-order valence-electron chi connectivity index (χ4n) is 3.31. The summed E-state index contributed by atoms with van der Waals surface area (Å²) in [5.41, 5.74) is 1.37. The summed E-state index contributed by atoms with van der Waals surface area (Å²) in [7, 11) is 0. The minimum absolute atomic E-state index is 0.0356. The van der Waals surface area contributed by atoms with E-state index in [1.165, 1.54) is 28.5 Å². The maximum atomic E-state index is 12.4. The molecule has 1 aromatic carbocycles. The molecular weight excluding hydrogens is 346 g/mol. The number of amides is 1. The molecule has 1 N–H and O–H groups in total. The van der Waals surface area contributed by atoms with Crippen LogP contribution < -0.4 is 10.9 Å². The quantitative estimate of drug-likeness (QED) is 0.646. The van der Waals surface area contributed by atoms with Crippen molar-refractivity contribution in [2.24, 2.45) is 0 Å². The summed E-state index contributed by atoms with van der Waals surface area (Å²) in [5.74, 6) is -0.138. The zero-order chi connectivity index (χ0) is 18.4. The van der Waals surface area contributed by atoms with Gasteiger partial charge in [-0.1, -0.05) is 37.8 Å². The number of rotatable bonds is 5. The lowest BCUT2D eigenvalue weighted by atomic mass is 10.1. The van der Waals surface area contributed by atoms with Crippen LogP contribution in [0.2, 0.25) is 0 Å². The van der Waals surface area contributed by atoms with Gasteiger partial charge in [-0.05, 0) is 37.3 Å². The van der Waals surface area contributed by atoms with Crippen molar-refractivity contribution in [1.29, 1.82) is 0 Å². The first-order chi connectivity index (χ1) is 12.7. The Morgan fingerprint density at radius 1 is 1.12 bits per heavy atom. The standard InChI is InChI=1S/C20H25N3O2S/c1-26-17-10-8-15(9-11-17)18-12-13-20(25)23(22-18)14-19(24)21-16-6-4-2-3-5-7-16/h8-13,16H,2-7,14H2,1H3,(H,21,24). The van der Waals surface area contributed by atoms with Crippen molar-refractivity contribution in [3.05, 3.63) is 46.8 Å². The largest absolute Gasteiger partial charge is 0.352 e. The first-order valence-corrected chi connectivity index (χ1v) is 10.4. The Hall–Kier alpha value is -2.08. The molecule has 5 nitrogen and oxygen atoms in total. The number of thioether (sulfide) groups is 1. The van der Waals surface area contributed by atoms with Crippen LogP contribution in [0.15, 0.2) is 46.1 Å². The lowest BCUT2D eigenvalue weighted by Gasteiger charge is -2.16. The molecule has 1 aromatic heterocycles. The average Bonchev–Trinajstić information content (AvgIpc) is 2.92. The molecule has 1 heterocycles. The number of nitrogens with one attached hydrogen (secondary N) is 1. The van der Waals surface area contributed by atoms with Crippen LogP contribution in [0.25, 0.3) is 11.3 Å². The van der Waals surface area contributed by atoms with E-state index >= 15 is 0 Å². The number of carbonyl (C=O) groups excluding carboxylic acids is 1. The molecule has 1 saturated carbocycles. The highest BCUT2D eigenvalue weighted by Crippen LogP contribution is 2.21. The van der Waals surface area contributed by atoms with Gasteiger partial charge in [-0.15, -0.1) is 11.8 Å². The highest BCUT2D eigenvalue weighted by atomic mass is 32.2. The number of aromatic nitrogens is 2. The zero-order valence-electron chi connectivity index (χ0n) is 15.1. The van der Waals surface area contributed by atoms with Crippen molar-refractivity contribution >= 4 is 17.7 Å². The van der Waals surface area contributed by atoms with Crippen LogP contribution in [-0.4, -0.2) is 28.0 Å². The van der Waals surface area contributed by atoms with Gasteiger partial charge in [-0.2, -0.15) is 5.10 Å². The second-order valence-corrected chi connectivity index (χ2v) is 7.58. The van der Waals surface area contributed by atoms with Gasteiger partial charge < -0.3 is 5.32 Å². The van der Waals surface area contributed by atoms with Crippen molar-refractivity contribution in [2.75, 3.05) is 6.26 Å². The molecule has 0 spiro atoms. The van der Waals surface area contributed by atoms with Crippen LogP contribution in [0, 0.1) is 0 Å². The summed E-state index contributed by atoms with van der Waals surface area (Å²) >= 11 is 1.68. The molecule has 1 aliphatic carbocycles. The van der Waals surface area contributed by atoms with Crippen molar-refractivity contribution < 1.29 is 4.79 Å². The molecule has 1 amide bonds. The van der Waals surface area contributed by atoms with Gasteiger partial charge in [0.2, 0.25) is 5.91 Å². The number of benzene rings is 1. The van der Waals surface area contributed by atoms with Gasteiger partial charge in [0.05, 0.1) is 5.69 Å². The molecular formula is C20H25N3O2S. The molecule has 26 heavy (non-hydrogen) atoms. The third kappa shape index (κ3) is 4.97. The predicted molar refractivity (Wildman–Crippen MR) is 105 cm³/mol. The maximum absolute atomic E-state index is 12.4. The molecule has 1 fully saturated rings. The molecule has 0 radical (unpaired) electrons. The highest BCUT2D eigenvalue weighted by Gasteiger charge is 2.15. The van der Waals surface area contributed by atoms with E-state index in [0.717, 1.165) is 31.2 Å². The van der Waals surface area contributed by atoms with Gasteiger partial charge >= 0.3 is 0 Å². The molecule has 138 valence electrons. The van der Waals surface area contributed by atoms with Gasteiger partial charge in [0.15, 0.2) is 0 Å². The maximum Gasteiger partial charge on any atom is 0.267 e. The van der Waals surface area contributed by atoms with Gasteiger partial charge in [0.1, 0.15) is 6.54 Å². The second-order valence-electron chi connectivity index (χ2n) is 6.70. The van der Waals surface area contributed by atoms with E-state index in [9.17, 15) is 9.59 Å². The topological polar surface area (TPSA) is 64.0 Å². The normalized spacial score (nSPS) is 15.4. The Morgan fingerprint density at radius 3 is 2.46 bits per heavy atom. The molecule has 2 aromatic rings. The molecule has 6 heteroatoms. The molecule has 0 bridgehead atoms. The van der Waals surface area contributed by atoms with Crippen LogP contribution in [-0.2, 0) is 11.3 Å². The summed E-state index contributed by atoms with van der Waals surface area (Å²) in [6.07, 6.45) is 8.87. The minimum atomic E-state index is -0.259. The Kier molecular flexibility index (Phi) is 6.50. The van der Waals surface area contributed by atoms with Gasteiger partial charge in [-0.25, -0.2) is 4.68 Å². The lowest BCUT2D eigenvalue weighted by molar-refractivity contribution is -0.122. The SMILES string of the molecule is CSc1ccc(-c2ccc(=O)n(CC(=O)NC3CCCCCC3)n2)cc1.